The van der Waals surface area contributed by atoms with Crippen LogP contribution in [0.5, 0.6) is 23.0 Å². The molecule has 0 spiro atoms. The second kappa shape index (κ2) is 7.51. The maximum Gasteiger partial charge on any atom is 0.233 e. The number of aryl methyl sites for hydroxylation is 2. The van der Waals surface area contributed by atoms with E-state index in [1.807, 2.05) is 33.8 Å². The van der Waals surface area contributed by atoms with Crippen LogP contribution in [0.4, 0.5) is 0 Å². The molecule has 0 radical (unpaired) electrons. The van der Waals surface area contributed by atoms with Crippen LogP contribution in [-0.2, 0) is 4.57 Å². The highest BCUT2D eigenvalue weighted by Crippen LogP contribution is 2.38. The van der Waals surface area contributed by atoms with E-state index in [2.05, 4.69) is 0 Å². The van der Waals surface area contributed by atoms with Gasteiger partial charge >= 0.3 is 0 Å². The molecule has 0 fully saturated rings. The van der Waals surface area contributed by atoms with E-state index in [-0.39, 0.29) is 18.0 Å². The molecular formula is C19H25O5P. The topological polar surface area (TPSA) is 76.0 Å². The average Bonchev–Trinajstić information content (AvgIpc) is 2.49. The predicted molar refractivity (Wildman–Crippen MR) is 99.4 cm³/mol. The highest BCUT2D eigenvalue weighted by Gasteiger charge is 2.14. The molecule has 2 N–H and O–H groups in total. The van der Waals surface area contributed by atoms with Crippen LogP contribution in [0.25, 0.3) is 0 Å². The van der Waals surface area contributed by atoms with Crippen molar-refractivity contribution in [2.24, 2.45) is 0 Å². The summed E-state index contributed by atoms with van der Waals surface area (Å²) in [4.78, 5) is 9.35. The van der Waals surface area contributed by atoms with Crippen LogP contribution in [0.1, 0.15) is 36.5 Å². The molecule has 0 bridgehead atoms. The molecule has 0 aliphatic rings. The third-order valence-electron chi connectivity index (χ3n) is 3.75. The minimum Gasteiger partial charge on any atom is -0.508 e. The van der Waals surface area contributed by atoms with Gasteiger partial charge in [-0.15, -0.1) is 0 Å². The van der Waals surface area contributed by atoms with Gasteiger partial charge in [-0.25, -0.2) is 0 Å². The summed E-state index contributed by atoms with van der Waals surface area (Å²) in [6.45, 7) is 9.07. The summed E-state index contributed by atoms with van der Waals surface area (Å²) in [5, 5.41) is 9.93. The molecule has 5 nitrogen and oxygen atoms in total. The van der Waals surface area contributed by atoms with Gasteiger partial charge in [-0.05, 0) is 61.2 Å². The molecule has 6 heteroatoms. The molecule has 0 saturated carbocycles. The Morgan fingerprint density at radius 2 is 1.68 bits per heavy atom. The third kappa shape index (κ3) is 5.25. The average molecular weight is 364 g/mol. The van der Waals surface area contributed by atoms with Crippen molar-refractivity contribution in [3.05, 3.63) is 47.0 Å². The molecule has 136 valence electrons. The van der Waals surface area contributed by atoms with Gasteiger partial charge in [0.05, 0.1) is 0 Å². The lowest BCUT2D eigenvalue weighted by molar-refractivity contribution is 0.351. The van der Waals surface area contributed by atoms with E-state index in [4.69, 9.17) is 9.47 Å². The number of hydrogen-bond acceptors (Lipinski definition) is 4. The number of rotatable bonds is 6. The lowest BCUT2D eigenvalue weighted by Gasteiger charge is -2.16. The Morgan fingerprint density at radius 1 is 1.08 bits per heavy atom. The molecular weight excluding hydrogens is 339 g/mol. The van der Waals surface area contributed by atoms with Crippen LogP contribution in [0.15, 0.2) is 30.3 Å². The van der Waals surface area contributed by atoms with Gasteiger partial charge in [0, 0.05) is 12.2 Å². The Hall–Kier alpha value is -1.97. The van der Waals surface area contributed by atoms with E-state index in [1.54, 1.807) is 24.3 Å². The minimum atomic E-state index is -3.22. The van der Waals surface area contributed by atoms with Crippen molar-refractivity contribution in [1.82, 2.24) is 0 Å². The molecule has 1 unspecified atom stereocenters. The number of ether oxygens (including phenoxy) is 2. The van der Waals surface area contributed by atoms with Crippen molar-refractivity contribution < 1.29 is 24.0 Å². The van der Waals surface area contributed by atoms with E-state index in [0.717, 1.165) is 16.7 Å². The van der Waals surface area contributed by atoms with Crippen LogP contribution in [-0.4, -0.2) is 23.0 Å². The quantitative estimate of drug-likeness (QED) is 0.692. The van der Waals surface area contributed by atoms with Crippen LogP contribution >= 0.6 is 7.37 Å². The maximum absolute atomic E-state index is 11.4. The van der Waals surface area contributed by atoms with E-state index in [9.17, 15) is 14.6 Å². The standard InChI is InChI=1S/C19H25O5P/c1-12(2)17-10-15(6-7-18(17)20)24-19-13(3)8-16(9-14(19)4)23-11-25(5,21)22/h6-10,12,20H,11H2,1-5H3,(H,21,22). The monoisotopic (exact) mass is 364 g/mol. The second-order valence-corrected chi connectivity index (χ2v) is 9.05. The molecule has 0 aliphatic carbocycles. The summed E-state index contributed by atoms with van der Waals surface area (Å²) in [7, 11) is -3.22. The first-order valence-electron chi connectivity index (χ1n) is 8.11. The zero-order valence-corrected chi connectivity index (χ0v) is 16.1. The highest BCUT2D eigenvalue weighted by atomic mass is 31.2. The molecule has 0 aromatic heterocycles. The molecule has 0 aliphatic heterocycles. The van der Waals surface area contributed by atoms with Crippen molar-refractivity contribution in [3.63, 3.8) is 0 Å². The number of phenolic OH excluding ortho intramolecular Hbond substituents is 1. The zero-order chi connectivity index (χ0) is 18.8. The molecule has 2 aromatic carbocycles. The van der Waals surface area contributed by atoms with E-state index in [1.165, 1.54) is 6.66 Å². The molecule has 0 saturated heterocycles. The van der Waals surface area contributed by atoms with Crippen molar-refractivity contribution >= 4 is 7.37 Å². The van der Waals surface area contributed by atoms with Gasteiger partial charge in [-0.1, -0.05) is 13.8 Å². The number of aromatic hydroxyl groups is 1. The van der Waals surface area contributed by atoms with Crippen LogP contribution in [0.2, 0.25) is 0 Å². The lowest BCUT2D eigenvalue weighted by atomic mass is 10.0. The Labute approximate surface area is 148 Å². The zero-order valence-electron chi connectivity index (χ0n) is 15.2. The SMILES string of the molecule is Cc1cc(OCP(C)(=O)O)cc(C)c1Oc1ccc(O)c(C(C)C)c1. The van der Waals surface area contributed by atoms with E-state index in [0.29, 0.717) is 17.2 Å². The minimum absolute atomic E-state index is 0.185. The third-order valence-corrected chi connectivity index (χ3v) is 4.35. The summed E-state index contributed by atoms with van der Waals surface area (Å²) < 4.78 is 22.8. The fraction of sp³-hybridized carbons (Fsp3) is 0.368. The Morgan fingerprint density at radius 3 is 2.20 bits per heavy atom. The van der Waals surface area contributed by atoms with Crippen molar-refractivity contribution in [2.45, 2.75) is 33.6 Å². The molecule has 0 amide bonds. The summed E-state index contributed by atoms with van der Waals surface area (Å²) in [5.74, 6) is 2.33. The summed E-state index contributed by atoms with van der Waals surface area (Å²) in [6.07, 6.45) is -0.220. The summed E-state index contributed by atoms with van der Waals surface area (Å²) in [6, 6.07) is 8.75. The fourth-order valence-electron chi connectivity index (χ4n) is 2.53. The largest absolute Gasteiger partial charge is 0.508 e. The number of benzene rings is 2. The van der Waals surface area contributed by atoms with Gasteiger partial charge in [0.1, 0.15) is 23.0 Å². The first kappa shape index (κ1) is 19.4. The van der Waals surface area contributed by atoms with Crippen molar-refractivity contribution in [2.75, 3.05) is 13.0 Å². The van der Waals surface area contributed by atoms with Crippen LogP contribution < -0.4 is 9.47 Å². The Balaban J connectivity index is 2.26. The van der Waals surface area contributed by atoms with Gasteiger partial charge in [0.25, 0.3) is 0 Å². The van der Waals surface area contributed by atoms with E-state index >= 15 is 0 Å². The Kier molecular flexibility index (Phi) is 5.81. The summed E-state index contributed by atoms with van der Waals surface area (Å²) >= 11 is 0. The van der Waals surface area contributed by atoms with Crippen LogP contribution in [0.3, 0.4) is 0 Å². The first-order chi connectivity index (χ1) is 11.6. The van der Waals surface area contributed by atoms with Gasteiger partial charge in [0.15, 0.2) is 6.35 Å². The predicted octanol–water partition coefficient (Wildman–Crippen LogP) is 5.16. The smallest absolute Gasteiger partial charge is 0.233 e. The summed E-state index contributed by atoms with van der Waals surface area (Å²) in [5.41, 5.74) is 2.55. The molecule has 0 heterocycles. The van der Waals surface area contributed by atoms with Crippen molar-refractivity contribution in [3.8, 4) is 23.0 Å². The van der Waals surface area contributed by atoms with Crippen LogP contribution in [0, 0.1) is 13.8 Å². The molecule has 2 aromatic rings. The van der Waals surface area contributed by atoms with Gasteiger partial charge in [0.2, 0.25) is 7.37 Å². The molecule has 2 rings (SSSR count). The number of phenols is 1. The van der Waals surface area contributed by atoms with Crippen molar-refractivity contribution in [1.29, 1.82) is 0 Å². The Bertz CT molecular complexity index is 784. The van der Waals surface area contributed by atoms with Gasteiger partial charge < -0.3 is 19.5 Å². The maximum atomic E-state index is 11.4. The number of hydrogen-bond donors (Lipinski definition) is 2. The van der Waals surface area contributed by atoms with Gasteiger partial charge in [-0.2, -0.15) is 0 Å². The molecule has 25 heavy (non-hydrogen) atoms. The second-order valence-electron chi connectivity index (χ2n) is 6.69. The van der Waals surface area contributed by atoms with Gasteiger partial charge in [-0.3, -0.25) is 4.57 Å². The normalized spacial score (nSPS) is 13.6. The highest BCUT2D eigenvalue weighted by molar-refractivity contribution is 7.56. The van der Waals surface area contributed by atoms with E-state index < -0.39 is 7.37 Å². The fourth-order valence-corrected chi connectivity index (χ4v) is 2.91. The molecule has 1 atom stereocenters. The lowest BCUT2D eigenvalue weighted by Crippen LogP contribution is -2.00. The first-order valence-corrected chi connectivity index (χ1v) is 10.4.